The molecule has 1 aromatic rings. The molecular formula is C9H8ClN3O2. The van der Waals surface area contributed by atoms with Crippen molar-refractivity contribution in [1.29, 1.82) is 0 Å². The first kappa shape index (κ1) is 11.3. The van der Waals surface area contributed by atoms with E-state index in [4.69, 9.17) is 23.1 Å². The average molecular weight is 226 g/mol. The van der Waals surface area contributed by atoms with E-state index in [0.29, 0.717) is 5.82 Å². The summed E-state index contributed by atoms with van der Waals surface area (Å²) < 4.78 is 0. The van der Waals surface area contributed by atoms with Crippen molar-refractivity contribution < 1.29 is 9.90 Å². The van der Waals surface area contributed by atoms with E-state index in [1.807, 2.05) is 0 Å². The first-order valence-corrected chi connectivity index (χ1v) is 4.40. The zero-order valence-electron chi connectivity index (χ0n) is 7.72. The van der Waals surface area contributed by atoms with E-state index in [2.05, 4.69) is 16.1 Å². The summed E-state index contributed by atoms with van der Waals surface area (Å²) in [5.41, 5.74) is 0. The summed E-state index contributed by atoms with van der Waals surface area (Å²) in [4.78, 5) is 11.9. The van der Waals surface area contributed by atoms with Crippen LogP contribution in [0, 0.1) is 12.3 Å². The average Bonchev–Trinajstić information content (AvgIpc) is 2.17. The molecule has 1 heterocycles. The fraction of sp³-hybridized carbons (Fsp3) is 0.222. The van der Waals surface area contributed by atoms with Gasteiger partial charge < -0.3 is 10.0 Å². The lowest BCUT2D eigenvalue weighted by molar-refractivity contribution is -0.135. The van der Waals surface area contributed by atoms with Crippen LogP contribution in [-0.4, -0.2) is 34.4 Å². The van der Waals surface area contributed by atoms with E-state index in [1.165, 1.54) is 11.0 Å². The molecule has 0 saturated carbocycles. The minimum atomic E-state index is -0.984. The highest BCUT2D eigenvalue weighted by molar-refractivity contribution is 6.29. The molecule has 5 nitrogen and oxygen atoms in total. The summed E-state index contributed by atoms with van der Waals surface area (Å²) in [5, 5.41) is 16.2. The van der Waals surface area contributed by atoms with E-state index in [1.54, 1.807) is 6.07 Å². The number of anilines is 1. The van der Waals surface area contributed by atoms with Crippen LogP contribution >= 0.6 is 11.6 Å². The van der Waals surface area contributed by atoms with Gasteiger partial charge in [0.25, 0.3) is 0 Å². The maximum Gasteiger partial charge on any atom is 0.323 e. The van der Waals surface area contributed by atoms with Crippen LogP contribution in [0.2, 0.25) is 5.15 Å². The fourth-order valence-electron chi connectivity index (χ4n) is 0.969. The summed E-state index contributed by atoms with van der Waals surface area (Å²) in [6.45, 7) is -0.0663. The molecule has 15 heavy (non-hydrogen) atoms. The molecule has 0 unspecified atom stereocenters. The molecule has 0 aromatic carbocycles. The zero-order chi connectivity index (χ0) is 11.3. The Balaban J connectivity index is 2.84. The quantitative estimate of drug-likeness (QED) is 0.763. The van der Waals surface area contributed by atoms with Crippen molar-refractivity contribution in [2.45, 2.75) is 0 Å². The molecule has 0 spiro atoms. The number of carboxylic acids is 1. The van der Waals surface area contributed by atoms with E-state index in [0.717, 1.165) is 0 Å². The van der Waals surface area contributed by atoms with Gasteiger partial charge in [-0.2, -0.15) is 0 Å². The predicted molar refractivity (Wildman–Crippen MR) is 55.7 cm³/mol. The second kappa shape index (κ2) is 5.17. The first-order chi connectivity index (χ1) is 7.13. The molecule has 0 fully saturated rings. The Morgan fingerprint density at radius 3 is 2.80 bits per heavy atom. The van der Waals surface area contributed by atoms with Crippen molar-refractivity contribution in [3.05, 3.63) is 17.3 Å². The number of nitrogens with zero attached hydrogens (tertiary/aromatic N) is 3. The largest absolute Gasteiger partial charge is 0.480 e. The van der Waals surface area contributed by atoms with Crippen LogP contribution in [0.3, 0.4) is 0 Å². The van der Waals surface area contributed by atoms with Gasteiger partial charge >= 0.3 is 5.97 Å². The minimum absolute atomic E-state index is 0.155. The van der Waals surface area contributed by atoms with Crippen LogP contribution in [0.5, 0.6) is 0 Å². The van der Waals surface area contributed by atoms with Crippen LogP contribution in [0.1, 0.15) is 0 Å². The fourth-order valence-corrected chi connectivity index (χ4v) is 1.07. The van der Waals surface area contributed by atoms with E-state index < -0.39 is 5.97 Å². The third-order valence-corrected chi connectivity index (χ3v) is 1.75. The number of hydrogen-bond donors (Lipinski definition) is 1. The monoisotopic (exact) mass is 225 g/mol. The third-order valence-electron chi connectivity index (χ3n) is 1.55. The van der Waals surface area contributed by atoms with Crippen molar-refractivity contribution in [1.82, 2.24) is 10.2 Å². The van der Waals surface area contributed by atoms with Gasteiger partial charge in [-0.05, 0) is 12.1 Å². The van der Waals surface area contributed by atoms with Crippen molar-refractivity contribution in [2.75, 3.05) is 18.0 Å². The highest BCUT2D eigenvalue weighted by Crippen LogP contribution is 2.10. The van der Waals surface area contributed by atoms with E-state index in [9.17, 15) is 4.79 Å². The number of carboxylic acid groups (broad SMARTS) is 1. The number of terminal acetylenes is 1. The lowest BCUT2D eigenvalue weighted by atomic mass is 10.4. The smallest absolute Gasteiger partial charge is 0.323 e. The van der Waals surface area contributed by atoms with Gasteiger partial charge in [-0.15, -0.1) is 16.6 Å². The molecule has 0 atom stereocenters. The Labute approximate surface area is 91.7 Å². The Kier molecular flexibility index (Phi) is 3.89. The molecule has 0 aliphatic heterocycles. The summed E-state index contributed by atoms with van der Waals surface area (Å²) in [5.74, 6) is 1.75. The number of aliphatic carboxylic acids is 1. The van der Waals surface area contributed by atoms with Crippen molar-refractivity contribution in [3.8, 4) is 12.3 Å². The van der Waals surface area contributed by atoms with Gasteiger partial charge in [-0.3, -0.25) is 4.79 Å². The summed E-state index contributed by atoms with van der Waals surface area (Å²) in [6.07, 6.45) is 5.11. The topological polar surface area (TPSA) is 66.3 Å². The lowest BCUT2D eigenvalue weighted by Gasteiger charge is -2.17. The molecule has 0 saturated heterocycles. The molecule has 1 N–H and O–H groups in total. The molecular weight excluding hydrogens is 218 g/mol. The number of carbonyl (C=O) groups is 1. The predicted octanol–water partition coefficient (Wildman–Crippen LogP) is 0.654. The molecule has 1 rings (SSSR count). The van der Waals surface area contributed by atoms with Crippen molar-refractivity contribution in [2.24, 2.45) is 0 Å². The molecule has 0 aliphatic rings. The van der Waals surface area contributed by atoms with Gasteiger partial charge in [-0.25, -0.2) is 0 Å². The maximum absolute atomic E-state index is 10.5. The van der Waals surface area contributed by atoms with Crippen LogP contribution < -0.4 is 4.90 Å². The summed E-state index contributed by atoms with van der Waals surface area (Å²) >= 11 is 5.55. The van der Waals surface area contributed by atoms with Gasteiger partial charge in [0.15, 0.2) is 11.0 Å². The van der Waals surface area contributed by atoms with Gasteiger partial charge in [0.05, 0.1) is 6.54 Å². The molecule has 0 bridgehead atoms. The molecule has 1 aromatic heterocycles. The highest BCUT2D eigenvalue weighted by Gasteiger charge is 2.10. The zero-order valence-corrected chi connectivity index (χ0v) is 8.48. The van der Waals surface area contributed by atoms with Gasteiger partial charge in [-0.1, -0.05) is 17.5 Å². The second-order valence-corrected chi connectivity index (χ2v) is 3.06. The third kappa shape index (κ3) is 3.44. The molecule has 0 radical (unpaired) electrons. The molecule has 78 valence electrons. The Morgan fingerprint density at radius 1 is 1.60 bits per heavy atom. The molecule has 0 aliphatic carbocycles. The summed E-state index contributed by atoms with van der Waals surface area (Å²) in [6, 6.07) is 3.09. The van der Waals surface area contributed by atoms with Crippen LogP contribution in [0.25, 0.3) is 0 Å². The lowest BCUT2D eigenvalue weighted by Crippen LogP contribution is -2.30. The highest BCUT2D eigenvalue weighted by atomic mass is 35.5. The Bertz CT molecular complexity index is 385. The SMILES string of the molecule is C#CCN(CC(=O)O)c1ccc(Cl)nn1. The minimum Gasteiger partial charge on any atom is -0.480 e. The Morgan fingerprint density at radius 2 is 2.33 bits per heavy atom. The van der Waals surface area contributed by atoms with Gasteiger partial charge in [0, 0.05) is 0 Å². The van der Waals surface area contributed by atoms with Gasteiger partial charge in [0.2, 0.25) is 0 Å². The van der Waals surface area contributed by atoms with Crippen LogP contribution in [-0.2, 0) is 4.79 Å². The van der Waals surface area contributed by atoms with Crippen LogP contribution in [0.15, 0.2) is 12.1 Å². The molecule has 6 heteroatoms. The van der Waals surface area contributed by atoms with Crippen molar-refractivity contribution >= 4 is 23.4 Å². The van der Waals surface area contributed by atoms with Crippen molar-refractivity contribution in [3.63, 3.8) is 0 Å². The second-order valence-electron chi connectivity index (χ2n) is 2.67. The standard InChI is InChI=1S/C9H8ClN3O2/c1-2-5-13(6-9(14)15)8-4-3-7(10)11-12-8/h1,3-4H,5-6H2,(H,14,15). The number of hydrogen-bond acceptors (Lipinski definition) is 4. The summed E-state index contributed by atoms with van der Waals surface area (Å²) in [7, 11) is 0. The number of halogens is 1. The number of aromatic nitrogens is 2. The van der Waals surface area contributed by atoms with E-state index in [-0.39, 0.29) is 18.2 Å². The number of rotatable bonds is 4. The van der Waals surface area contributed by atoms with Gasteiger partial charge in [0.1, 0.15) is 6.54 Å². The van der Waals surface area contributed by atoms with Crippen LogP contribution in [0.4, 0.5) is 5.82 Å². The van der Waals surface area contributed by atoms with E-state index >= 15 is 0 Å². The Hall–Kier alpha value is -1.80. The first-order valence-electron chi connectivity index (χ1n) is 4.03. The normalized spacial score (nSPS) is 9.33. The maximum atomic E-state index is 10.5. The molecule has 0 amide bonds.